The van der Waals surface area contributed by atoms with Crippen LogP contribution in [0.2, 0.25) is 0 Å². The molecule has 3 aromatic rings. The molecule has 5 nitrogen and oxygen atoms in total. The number of amides is 2. The van der Waals surface area contributed by atoms with E-state index in [4.69, 9.17) is 0 Å². The maximum atomic E-state index is 12.8. The number of carbonyl (C=O) groups excluding carboxylic acids is 2. The van der Waals surface area contributed by atoms with E-state index in [1.807, 2.05) is 61.5 Å². The second-order valence-electron chi connectivity index (χ2n) is 7.09. The Morgan fingerprint density at radius 2 is 1.81 bits per heavy atom. The van der Waals surface area contributed by atoms with Crippen molar-refractivity contribution < 1.29 is 9.59 Å². The average molecular weight is 359 g/mol. The molecule has 1 aromatic heterocycles. The summed E-state index contributed by atoms with van der Waals surface area (Å²) in [4.78, 5) is 29.9. The number of aromatic nitrogens is 1. The van der Waals surface area contributed by atoms with Gasteiger partial charge in [-0.05, 0) is 37.5 Å². The molecule has 1 saturated carbocycles. The van der Waals surface area contributed by atoms with Gasteiger partial charge in [0.25, 0.3) is 0 Å². The zero-order valence-corrected chi connectivity index (χ0v) is 15.2. The smallest absolute Gasteiger partial charge is 0.240 e. The summed E-state index contributed by atoms with van der Waals surface area (Å²) in [5.74, 6) is -0.475. The van der Waals surface area contributed by atoms with Gasteiger partial charge in [-0.3, -0.25) is 14.6 Å². The lowest BCUT2D eigenvalue weighted by atomic mass is 10.0. The molecular weight excluding hydrogens is 338 g/mol. The summed E-state index contributed by atoms with van der Waals surface area (Å²) in [5, 5.41) is 6.78. The fourth-order valence-electron chi connectivity index (χ4n) is 3.30. The second kappa shape index (κ2) is 6.83. The molecule has 5 heteroatoms. The first kappa shape index (κ1) is 17.2. The minimum atomic E-state index is -0.971. The van der Waals surface area contributed by atoms with Crippen LogP contribution in [0.25, 0.3) is 10.9 Å². The van der Waals surface area contributed by atoms with Gasteiger partial charge in [0.05, 0.1) is 11.2 Å². The topological polar surface area (TPSA) is 71.1 Å². The normalized spacial score (nSPS) is 14.6. The highest BCUT2D eigenvalue weighted by atomic mass is 16.2. The lowest BCUT2D eigenvalue weighted by molar-refractivity contribution is -0.134. The van der Waals surface area contributed by atoms with Crippen LogP contribution in [0.15, 0.2) is 60.8 Å². The molecule has 0 radical (unpaired) electrons. The van der Waals surface area contributed by atoms with Crippen molar-refractivity contribution in [3.05, 3.63) is 71.9 Å². The molecule has 1 aliphatic carbocycles. The standard InChI is InChI=1S/C22H21N3O2/c1-15-5-2-6-16(13-15)14-24-20(26)22(10-11-22)21(27)25-18-9-3-7-17-8-4-12-23-19(17)18/h2-9,12-13H,10-11,14H2,1H3,(H,24,26)(H,25,27). The lowest BCUT2D eigenvalue weighted by Gasteiger charge is -2.16. The summed E-state index contributed by atoms with van der Waals surface area (Å²) < 4.78 is 0. The molecule has 136 valence electrons. The molecular formula is C22H21N3O2. The number of rotatable bonds is 5. The van der Waals surface area contributed by atoms with Crippen LogP contribution in [-0.2, 0) is 16.1 Å². The van der Waals surface area contributed by atoms with Crippen LogP contribution in [0.4, 0.5) is 5.69 Å². The van der Waals surface area contributed by atoms with Crippen molar-refractivity contribution in [2.45, 2.75) is 26.3 Å². The number of nitrogens with zero attached hydrogens (tertiary/aromatic N) is 1. The minimum Gasteiger partial charge on any atom is -0.351 e. The molecule has 1 fully saturated rings. The molecule has 2 amide bonds. The summed E-state index contributed by atoms with van der Waals surface area (Å²) in [6.45, 7) is 2.44. The Balaban J connectivity index is 1.47. The van der Waals surface area contributed by atoms with Crippen LogP contribution >= 0.6 is 0 Å². The number of para-hydroxylation sites is 1. The first-order valence-corrected chi connectivity index (χ1v) is 9.07. The van der Waals surface area contributed by atoms with Crippen molar-refractivity contribution in [3.8, 4) is 0 Å². The van der Waals surface area contributed by atoms with Gasteiger partial charge in [0.15, 0.2) is 0 Å². The van der Waals surface area contributed by atoms with Gasteiger partial charge >= 0.3 is 0 Å². The third-order valence-corrected chi connectivity index (χ3v) is 5.04. The summed E-state index contributed by atoms with van der Waals surface area (Å²) in [6.07, 6.45) is 2.83. The minimum absolute atomic E-state index is 0.213. The van der Waals surface area contributed by atoms with Crippen LogP contribution in [0, 0.1) is 12.3 Å². The quantitative estimate of drug-likeness (QED) is 0.684. The van der Waals surface area contributed by atoms with Gasteiger partial charge < -0.3 is 10.6 Å². The van der Waals surface area contributed by atoms with E-state index in [-0.39, 0.29) is 11.8 Å². The van der Waals surface area contributed by atoms with E-state index >= 15 is 0 Å². The number of nitrogens with one attached hydrogen (secondary N) is 2. The first-order chi connectivity index (χ1) is 13.1. The van der Waals surface area contributed by atoms with Crippen molar-refractivity contribution >= 4 is 28.4 Å². The van der Waals surface area contributed by atoms with Crippen LogP contribution in [0.5, 0.6) is 0 Å². The molecule has 0 atom stereocenters. The molecule has 0 spiro atoms. The zero-order valence-electron chi connectivity index (χ0n) is 15.2. The van der Waals surface area contributed by atoms with E-state index in [0.29, 0.717) is 25.1 Å². The molecule has 1 aliphatic rings. The fraction of sp³-hybridized carbons (Fsp3) is 0.227. The largest absolute Gasteiger partial charge is 0.351 e. The number of carbonyl (C=O) groups is 2. The maximum absolute atomic E-state index is 12.8. The number of anilines is 1. The van der Waals surface area contributed by atoms with Crippen LogP contribution in [-0.4, -0.2) is 16.8 Å². The zero-order chi connectivity index (χ0) is 18.9. The Morgan fingerprint density at radius 1 is 1.04 bits per heavy atom. The molecule has 1 heterocycles. The van der Waals surface area contributed by atoms with Crippen molar-refractivity contribution in [1.82, 2.24) is 10.3 Å². The van der Waals surface area contributed by atoms with Crippen molar-refractivity contribution in [1.29, 1.82) is 0 Å². The van der Waals surface area contributed by atoms with Gasteiger partial charge in [-0.15, -0.1) is 0 Å². The van der Waals surface area contributed by atoms with Gasteiger partial charge in [0.2, 0.25) is 11.8 Å². The number of benzene rings is 2. The van der Waals surface area contributed by atoms with Crippen LogP contribution in [0.1, 0.15) is 24.0 Å². The number of fused-ring (bicyclic) bond motifs is 1. The molecule has 0 aliphatic heterocycles. The second-order valence-corrected chi connectivity index (χ2v) is 7.09. The predicted molar refractivity (Wildman–Crippen MR) is 105 cm³/mol. The molecule has 2 aromatic carbocycles. The summed E-state index contributed by atoms with van der Waals surface area (Å²) >= 11 is 0. The highest BCUT2D eigenvalue weighted by Gasteiger charge is 2.56. The Morgan fingerprint density at radius 3 is 2.59 bits per heavy atom. The van der Waals surface area contributed by atoms with E-state index in [1.165, 1.54) is 0 Å². The van der Waals surface area contributed by atoms with Crippen molar-refractivity contribution in [3.63, 3.8) is 0 Å². The number of hydrogen-bond donors (Lipinski definition) is 2. The Bertz CT molecular complexity index is 1020. The van der Waals surface area contributed by atoms with E-state index in [9.17, 15) is 9.59 Å². The van der Waals surface area contributed by atoms with Crippen LogP contribution < -0.4 is 10.6 Å². The fourth-order valence-corrected chi connectivity index (χ4v) is 3.30. The molecule has 0 bridgehead atoms. The van der Waals surface area contributed by atoms with Gasteiger partial charge in [-0.25, -0.2) is 0 Å². The third kappa shape index (κ3) is 3.40. The summed E-state index contributed by atoms with van der Waals surface area (Å²) in [5.41, 5.74) is 2.56. The van der Waals surface area contributed by atoms with Crippen molar-refractivity contribution in [2.75, 3.05) is 5.32 Å². The molecule has 0 saturated heterocycles. The number of pyridine rings is 1. The lowest BCUT2D eigenvalue weighted by Crippen LogP contribution is -2.39. The van der Waals surface area contributed by atoms with E-state index < -0.39 is 5.41 Å². The molecule has 27 heavy (non-hydrogen) atoms. The van der Waals surface area contributed by atoms with Crippen LogP contribution in [0.3, 0.4) is 0 Å². The van der Waals surface area contributed by atoms with E-state index in [2.05, 4.69) is 15.6 Å². The van der Waals surface area contributed by atoms with Gasteiger partial charge in [0, 0.05) is 18.1 Å². The summed E-state index contributed by atoms with van der Waals surface area (Å²) in [6, 6.07) is 17.4. The molecule has 4 rings (SSSR count). The highest BCUT2D eigenvalue weighted by molar-refractivity contribution is 6.14. The Kier molecular flexibility index (Phi) is 4.36. The monoisotopic (exact) mass is 359 g/mol. The van der Waals surface area contributed by atoms with Crippen molar-refractivity contribution in [2.24, 2.45) is 5.41 Å². The average Bonchev–Trinajstić information content (AvgIpc) is 3.49. The number of aryl methyl sites for hydroxylation is 1. The predicted octanol–water partition coefficient (Wildman–Crippen LogP) is 3.58. The van der Waals surface area contributed by atoms with Gasteiger partial charge in [0.1, 0.15) is 5.41 Å². The highest BCUT2D eigenvalue weighted by Crippen LogP contribution is 2.47. The number of hydrogen-bond acceptors (Lipinski definition) is 3. The Hall–Kier alpha value is -3.21. The SMILES string of the molecule is Cc1cccc(CNC(=O)C2(C(=O)Nc3cccc4cccnc34)CC2)c1. The summed E-state index contributed by atoms with van der Waals surface area (Å²) in [7, 11) is 0. The Labute approximate surface area is 157 Å². The maximum Gasteiger partial charge on any atom is 0.240 e. The molecule has 0 unspecified atom stereocenters. The van der Waals surface area contributed by atoms with Gasteiger partial charge in [-0.1, -0.05) is 48.0 Å². The third-order valence-electron chi connectivity index (χ3n) is 5.04. The van der Waals surface area contributed by atoms with Gasteiger partial charge in [-0.2, -0.15) is 0 Å². The first-order valence-electron chi connectivity index (χ1n) is 9.07. The molecule has 2 N–H and O–H groups in total. The van der Waals surface area contributed by atoms with E-state index in [0.717, 1.165) is 22.0 Å². The van der Waals surface area contributed by atoms with E-state index in [1.54, 1.807) is 6.20 Å².